The average Bonchev–Trinajstić information content (AvgIpc) is 3.04. The van der Waals surface area contributed by atoms with E-state index < -0.39 is 0 Å². The van der Waals surface area contributed by atoms with E-state index in [1.54, 1.807) is 52.8 Å². The Labute approximate surface area is 181 Å². The van der Waals surface area contributed by atoms with Gasteiger partial charge in [-0.05, 0) is 19.9 Å². The molecule has 0 fully saturated rings. The van der Waals surface area contributed by atoms with Crippen molar-refractivity contribution in [2.45, 2.75) is 20.4 Å². The van der Waals surface area contributed by atoms with E-state index >= 15 is 0 Å². The maximum atomic E-state index is 5.40. The number of nitrogens with zero attached hydrogens (tertiary/aromatic N) is 4. The van der Waals surface area contributed by atoms with E-state index in [9.17, 15) is 0 Å². The molecule has 0 bridgehead atoms. The van der Waals surface area contributed by atoms with Gasteiger partial charge < -0.3 is 29.6 Å². The van der Waals surface area contributed by atoms with Crippen LogP contribution in [0.1, 0.15) is 11.3 Å². The van der Waals surface area contributed by atoms with Crippen LogP contribution in [0.4, 0.5) is 23.3 Å². The quantitative estimate of drug-likeness (QED) is 0.502. The molecule has 166 valence electrons. The maximum absolute atomic E-state index is 5.40. The lowest BCUT2D eigenvalue weighted by Gasteiger charge is -2.15. The Morgan fingerprint density at radius 2 is 1.68 bits per heavy atom. The number of anilines is 4. The summed E-state index contributed by atoms with van der Waals surface area (Å²) in [6.45, 7) is 5.19. The largest absolute Gasteiger partial charge is 0.493 e. The Kier molecular flexibility index (Phi) is 7.14. The first-order valence-electron chi connectivity index (χ1n) is 9.70. The SMILES string of the molecule is COCCn1nc(C)c(C)c1Nc1ccnc(Nc2cc(OC)c(OC)c(OC)c2)n1. The van der Waals surface area contributed by atoms with Crippen molar-refractivity contribution in [2.24, 2.45) is 0 Å². The van der Waals surface area contributed by atoms with Crippen LogP contribution in [0.2, 0.25) is 0 Å². The lowest BCUT2D eigenvalue weighted by molar-refractivity contribution is 0.184. The summed E-state index contributed by atoms with van der Waals surface area (Å²) < 4.78 is 23.2. The third-order valence-electron chi connectivity index (χ3n) is 4.76. The van der Waals surface area contributed by atoms with Crippen LogP contribution in [0.3, 0.4) is 0 Å². The van der Waals surface area contributed by atoms with Crippen LogP contribution in [0, 0.1) is 13.8 Å². The molecule has 0 radical (unpaired) electrons. The number of rotatable bonds is 10. The number of ether oxygens (including phenoxy) is 4. The Morgan fingerprint density at radius 3 is 2.29 bits per heavy atom. The Morgan fingerprint density at radius 1 is 0.968 bits per heavy atom. The zero-order valence-corrected chi connectivity index (χ0v) is 18.6. The van der Waals surface area contributed by atoms with E-state index in [0.29, 0.717) is 47.9 Å². The lowest BCUT2D eigenvalue weighted by atomic mass is 10.2. The summed E-state index contributed by atoms with van der Waals surface area (Å²) in [5, 5.41) is 11.1. The van der Waals surface area contributed by atoms with Gasteiger partial charge in [-0.2, -0.15) is 10.1 Å². The minimum absolute atomic E-state index is 0.414. The van der Waals surface area contributed by atoms with Gasteiger partial charge in [-0.1, -0.05) is 0 Å². The average molecular weight is 428 g/mol. The first kappa shape index (κ1) is 22.2. The standard InChI is InChI=1S/C21H28N6O4/c1-13-14(2)26-27(9-10-28-3)20(13)24-18-7-8-22-21(25-18)23-15-11-16(29-4)19(31-6)17(12-15)30-5/h7-8,11-12H,9-10H2,1-6H3,(H2,22,23,24,25). The van der Waals surface area contributed by atoms with Crippen molar-refractivity contribution in [3.8, 4) is 17.2 Å². The molecule has 2 aromatic heterocycles. The molecule has 0 aliphatic rings. The van der Waals surface area contributed by atoms with Gasteiger partial charge >= 0.3 is 0 Å². The van der Waals surface area contributed by atoms with E-state index in [1.807, 2.05) is 18.5 Å². The van der Waals surface area contributed by atoms with Crippen LogP contribution in [-0.2, 0) is 11.3 Å². The first-order chi connectivity index (χ1) is 15.0. The molecule has 0 aliphatic carbocycles. The fraction of sp³-hybridized carbons (Fsp3) is 0.381. The molecule has 0 spiro atoms. The zero-order chi connectivity index (χ0) is 22.4. The number of nitrogens with one attached hydrogen (secondary N) is 2. The van der Waals surface area contributed by atoms with Gasteiger partial charge in [0, 0.05) is 36.7 Å². The molecule has 31 heavy (non-hydrogen) atoms. The van der Waals surface area contributed by atoms with Gasteiger partial charge in [0.15, 0.2) is 11.5 Å². The smallest absolute Gasteiger partial charge is 0.229 e. The molecule has 0 atom stereocenters. The van der Waals surface area contributed by atoms with Crippen LogP contribution in [0.5, 0.6) is 17.2 Å². The molecule has 2 N–H and O–H groups in total. The zero-order valence-electron chi connectivity index (χ0n) is 18.6. The van der Waals surface area contributed by atoms with Crippen LogP contribution >= 0.6 is 0 Å². The number of aryl methyl sites for hydroxylation is 1. The molecule has 10 nitrogen and oxygen atoms in total. The Hall–Kier alpha value is -3.53. The van der Waals surface area contributed by atoms with Gasteiger partial charge in [-0.3, -0.25) is 0 Å². The highest BCUT2D eigenvalue weighted by atomic mass is 16.5. The molecular weight excluding hydrogens is 400 g/mol. The van der Waals surface area contributed by atoms with Gasteiger partial charge in [0.1, 0.15) is 11.6 Å². The third-order valence-corrected chi connectivity index (χ3v) is 4.76. The number of aromatic nitrogens is 4. The second-order valence-electron chi connectivity index (χ2n) is 6.70. The Bertz CT molecular complexity index is 1010. The highest BCUT2D eigenvalue weighted by Gasteiger charge is 2.15. The van der Waals surface area contributed by atoms with Gasteiger partial charge in [0.05, 0.1) is 40.2 Å². The summed E-state index contributed by atoms with van der Waals surface area (Å²) in [6.07, 6.45) is 1.67. The monoisotopic (exact) mass is 428 g/mol. The topological polar surface area (TPSA) is 105 Å². The van der Waals surface area contributed by atoms with Crippen molar-refractivity contribution in [3.05, 3.63) is 35.7 Å². The second kappa shape index (κ2) is 9.98. The number of hydrogen-bond acceptors (Lipinski definition) is 9. The van der Waals surface area contributed by atoms with Crippen LogP contribution in [0.15, 0.2) is 24.4 Å². The predicted molar refractivity (Wildman–Crippen MR) is 118 cm³/mol. The number of benzene rings is 1. The molecule has 0 amide bonds. The lowest BCUT2D eigenvalue weighted by Crippen LogP contribution is -2.10. The maximum Gasteiger partial charge on any atom is 0.229 e. The minimum atomic E-state index is 0.414. The van der Waals surface area contributed by atoms with Crippen molar-refractivity contribution in [1.29, 1.82) is 0 Å². The molecule has 0 saturated carbocycles. The summed E-state index contributed by atoms with van der Waals surface area (Å²) in [4.78, 5) is 8.88. The molecule has 1 aromatic carbocycles. The molecule has 0 aliphatic heterocycles. The predicted octanol–water partition coefficient (Wildman–Crippen LogP) is 3.45. The number of methoxy groups -OCH3 is 4. The molecule has 10 heteroatoms. The van der Waals surface area contributed by atoms with Crippen molar-refractivity contribution in [2.75, 3.05) is 45.7 Å². The van der Waals surface area contributed by atoms with Gasteiger partial charge in [-0.15, -0.1) is 0 Å². The van der Waals surface area contributed by atoms with E-state index in [0.717, 1.165) is 17.1 Å². The third kappa shape index (κ3) is 4.97. The Balaban J connectivity index is 1.85. The summed E-state index contributed by atoms with van der Waals surface area (Å²) >= 11 is 0. The summed E-state index contributed by atoms with van der Waals surface area (Å²) in [6, 6.07) is 5.37. The fourth-order valence-corrected chi connectivity index (χ4v) is 3.06. The van der Waals surface area contributed by atoms with Crippen molar-refractivity contribution < 1.29 is 18.9 Å². The molecule has 0 unspecified atom stereocenters. The second-order valence-corrected chi connectivity index (χ2v) is 6.70. The van der Waals surface area contributed by atoms with Gasteiger partial charge in [0.25, 0.3) is 0 Å². The molecule has 3 aromatic rings. The minimum Gasteiger partial charge on any atom is -0.493 e. The van der Waals surface area contributed by atoms with Crippen LogP contribution < -0.4 is 24.8 Å². The van der Waals surface area contributed by atoms with E-state index in [2.05, 4.69) is 25.7 Å². The summed E-state index contributed by atoms with van der Waals surface area (Å²) in [7, 11) is 6.37. The number of hydrogen-bond donors (Lipinski definition) is 2. The highest BCUT2D eigenvalue weighted by Crippen LogP contribution is 2.40. The van der Waals surface area contributed by atoms with Gasteiger partial charge in [0.2, 0.25) is 11.7 Å². The van der Waals surface area contributed by atoms with Crippen molar-refractivity contribution in [1.82, 2.24) is 19.7 Å². The van der Waals surface area contributed by atoms with Crippen LogP contribution in [0.25, 0.3) is 0 Å². The van der Waals surface area contributed by atoms with Crippen molar-refractivity contribution in [3.63, 3.8) is 0 Å². The summed E-state index contributed by atoms with van der Waals surface area (Å²) in [5.41, 5.74) is 2.70. The fourth-order valence-electron chi connectivity index (χ4n) is 3.06. The molecular formula is C21H28N6O4. The molecule has 3 rings (SSSR count). The van der Waals surface area contributed by atoms with E-state index in [1.165, 1.54) is 0 Å². The molecule has 0 saturated heterocycles. The normalized spacial score (nSPS) is 10.6. The van der Waals surface area contributed by atoms with Crippen molar-refractivity contribution >= 4 is 23.3 Å². The van der Waals surface area contributed by atoms with E-state index in [4.69, 9.17) is 18.9 Å². The highest BCUT2D eigenvalue weighted by molar-refractivity contribution is 5.66. The molecule has 2 heterocycles. The summed E-state index contributed by atoms with van der Waals surface area (Å²) in [5.74, 6) is 3.50. The van der Waals surface area contributed by atoms with Crippen LogP contribution in [-0.4, -0.2) is 54.8 Å². The van der Waals surface area contributed by atoms with E-state index in [-0.39, 0.29) is 0 Å². The first-order valence-corrected chi connectivity index (χ1v) is 9.70. The van der Waals surface area contributed by atoms with Gasteiger partial charge in [-0.25, -0.2) is 9.67 Å².